The molecule has 2 N–H and O–H groups in total. The zero-order valence-electron chi connectivity index (χ0n) is 17.5. The number of hydrogen-bond donors (Lipinski definition) is 2. The van der Waals surface area contributed by atoms with Crippen molar-refractivity contribution in [3.8, 4) is 11.5 Å². The first-order valence-corrected chi connectivity index (χ1v) is 10.5. The van der Waals surface area contributed by atoms with Gasteiger partial charge >= 0.3 is 0 Å². The molecule has 0 aliphatic heterocycles. The fourth-order valence-electron chi connectivity index (χ4n) is 2.74. The Morgan fingerprint density at radius 2 is 1.23 bits per heavy atom. The summed E-state index contributed by atoms with van der Waals surface area (Å²) in [4.78, 5) is 25.7. The molecular weight excluding hydrogens is 412 g/mol. The van der Waals surface area contributed by atoms with E-state index in [0.29, 0.717) is 17.0 Å². The highest BCUT2D eigenvalue weighted by Gasteiger charge is 2.15. The Morgan fingerprint density at radius 1 is 0.742 bits per heavy atom. The molecule has 3 rings (SSSR count). The average molecular weight is 437 g/mol. The monoisotopic (exact) mass is 436 g/mol. The SMILES string of the molecule is COc1ccc(NC(=O)C(C)Sc2ccc(NC(=O)c3ccc(OC)cc3)cc2)cc1. The number of thioether (sulfide) groups is 1. The van der Waals surface area contributed by atoms with Crippen LogP contribution in [0.3, 0.4) is 0 Å². The van der Waals surface area contributed by atoms with E-state index in [0.717, 1.165) is 16.3 Å². The summed E-state index contributed by atoms with van der Waals surface area (Å²) in [6.45, 7) is 1.85. The van der Waals surface area contributed by atoms with E-state index in [4.69, 9.17) is 9.47 Å². The zero-order chi connectivity index (χ0) is 22.2. The highest BCUT2D eigenvalue weighted by Crippen LogP contribution is 2.26. The number of anilines is 2. The summed E-state index contributed by atoms with van der Waals surface area (Å²) in [5, 5.41) is 5.47. The topological polar surface area (TPSA) is 76.7 Å². The molecule has 0 spiro atoms. The van der Waals surface area contributed by atoms with E-state index in [2.05, 4.69) is 10.6 Å². The van der Waals surface area contributed by atoms with Crippen molar-refractivity contribution >= 4 is 35.0 Å². The number of nitrogens with one attached hydrogen (secondary N) is 2. The van der Waals surface area contributed by atoms with Gasteiger partial charge < -0.3 is 20.1 Å². The van der Waals surface area contributed by atoms with Crippen LogP contribution in [0.1, 0.15) is 17.3 Å². The summed E-state index contributed by atoms with van der Waals surface area (Å²) in [7, 11) is 3.18. The van der Waals surface area contributed by atoms with Gasteiger partial charge in [-0.2, -0.15) is 0 Å². The minimum atomic E-state index is -0.290. The number of benzene rings is 3. The van der Waals surface area contributed by atoms with Crippen LogP contribution in [0.15, 0.2) is 77.7 Å². The van der Waals surface area contributed by atoms with Crippen molar-refractivity contribution in [2.45, 2.75) is 17.1 Å². The molecule has 0 saturated carbocycles. The average Bonchev–Trinajstić information content (AvgIpc) is 2.80. The van der Waals surface area contributed by atoms with Crippen molar-refractivity contribution in [2.24, 2.45) is 0 Å². The van der Waals surface area contributed by atoms with Crippen molar-refractivity contribution in [2.75, 3.05) is 24.9 Å². The Hall–Kier alpha value is -3.45. The molecule has 3 aromatic carbocycles. The number of ether oxygens (including phenoxy) is 2. The number of methoxy groups -OCH3 is 2. The second-order valence-corrected chi connectivity index (χ2v) is 8.10. The van der Waals surface area contributed by atoms with Crippen LogP contribution in [0.25, 0.3) is 0 Å². The molecule has 2 amide bonds. The first-order valence-electron chi connectivity index (χ1n) is 9.65. The van der Waals surface area contributed by atoms with Gasteiger partial charge in [0.25, 0.3) is 5.91 Å². The lowest BCUT2D eigenvalue weighted by Gasteiger charge is -2.13. The predicted molar refractivity (Wildman–Crippen MR) is 124 cm³/mol. The van der Waals surface area contributed by atoms with Gasteiger partial charge in [0.1, 0.15) is 11.5 Å². The van der Waals surface area contributed by atoms with Crippen molar-refractivity contribution in [1.29, 1.82) is 0 Å². The van der Waals surface area contributed by atoms with E-state index < -0.39 is 0 Å². The van der Waals surface area contributed by atoms with E-state index in [1.807, 2.05) is 31.2 Å². The van der Waals surface area contributed by atoms with Crippen LogP contribution in [0.2, 0.25) is 0 Å². The van der Waals surface area contributed by atoms with Crippen LogP contribution >= 0.6 is 11.8 Å². The normalized spacial score (nSPS) is 11.3. The second kappa shape index (κ2) is 10.5. The smallest absolute Gasteiger partial charge is 0.255 e. The van der Waals surface area contributed by atoms with Gasteiger partial charge in [0.15, 0.2) is 0 Å². The van der Waals surface area contributed by atoms with Crippen LogP contribution in [-0.4, -0.2) is 31.3 Å². The third kappa shape index (κ3) is 6.26. The maximum atomic E-state index is 12.5. The molecule has 0 fully saturated rings. The highest BCUT2D eigenvalue weighted by molar-refractivity contribution is 8.00. The number of hydrogen-bond acceptors (Lipinski definition) is 5. The first-order chi connectivity index (χ1) is 15.0. The Bertz CT molecular complexity index is 1020. The molecule has 6 nitrogen and oxygen atoms in total. The summed E-state index contributed by atoms with van der Waals surface area (Å²) >= 11 is 1.44. The Balaban J connectivity index is 1.53. The van der Waals surface area contributed by atoms with Gasteiger partial charge in [0.2, 0.25) is 5.91 Å². The van der Waals surface area contributed by atoms with Gasteiger partial charge in [-0.25, -0.2) is 0 Å². The minimum absolute atomic E-state index is 0.0907. The van der Waals surface area contributed by atoms with Crippen molar-refractivity contribution in [3.63, 3.8) is 0 Å². The van der Waals surface area contributed by atoms with E-state index in [-0.39, 0.29) is 17.1 Å². The molecule has 0 aliphatic carbocycles. The molecule has 160 valence electrons. The fourth-order valence-corrected chi connectivity index (χ4v) is 3.61. The molecule has 0 heterocycles. The van der Waals surface area contributed by atoms with Crippen LogP contribution in [0.5, 0.6) is 11.5 Å². The summed E-state index contributed by atoms with van der Waals surface area (Å²) in [5.74, 6) is 1.14. The maximum Gasteiger partial charge on any atom is 0.255 e. The molecular formula is C24H24N2O4S. The summed E-state index contributed by atoms with van der Waals surface area (Å²) in [6, 6.07) is 21.5. The largest absolute Gasteiger partial charge is 0.497 e. The Labute approximate surface area is 186 Å². The minimum Gasteiger partial charge on any atom is -0.497 e. The fraction of sp³-hybridized carbons (Fsp3) is 0.167. The van der Waals surface area contributed by atoms with E-state index in [1.54, 1.807) is 62.8 Å². The molecule has 7 heteroatoms. The number of rotatable bonds is 8. The van der Waals surface area contributed by atoms with Crippen molar-refractivity contribution < 1.29 is 19.1 Å². The molecule has 1 unspecified atom stereocenters. The van der Waals surface area contributed by atoms with Crippen LogP contribution in [0, 0.1) is 0 Å². The van der Waals surface area contributed by atoms with Gasteiger partial charge in [0, 0.05) is 21.8 Å². The quantitative estimate of drug-likeness (QED) is 0.482. The Kier molecular flexibility index (Phi) is 7.56. The highest BCUT2D eigenvalue weighted by atomic mass is 32.2. The van der Waals surface area contributed by atoms with E-state index in [9.17, 15) is 9.59 Å². The van der Waals surface area contributed by atoms with Gasteiger partial charge in [-0.05, 0) is 79.7 Å². The van der Waals surface area contributed by atoms with Gasteiger partial charge in [-0.3, -0.25) is 9.59 Å². The second-order valence-electron chi connectivity index (χ2n) is 6.68. The van der Waals surface area contributed by atoms with E-state index >= 15 is 0 Å². The third-order valence-electron chi connectivity index (χ3n) is 4.50. The zero-order valence-corrected chi connectivity index (χ0v) is 18.4. The lowest BCUT2D eigenvalue weighted by Crippen LogP contribution is -2.22. The summed E-state index contributed by atoms with van der Waals surface area (Å²) in [5.41, 5.74) is 1.94. The lowest BCUT2D eigenvalue weighted by molar-refractivity contribution is -0.115. The van der Waals surface area contributed by atoms with Crippen LogP contribution in [-0.2, 0) is 4.79 Å². The molecule has 1 atom stereocenters. The van der Waals surface area contributed by atoms with Gasteiger partial charge in [0.05, 0.1) is 19.5 Å². The standard InChI is InChI=1S/C24H24N2O4S/c1-16(23(27)25-18-6-12-21(30-3)13-7-18)31-22-14-8-19(9-15-22)26-24(28)17-4-10-20(29-2)11-5-17/h4-16H,1-3H3,(H,25,27)(H,26,28). The summed E-state index contributed by atoms with van der Waals surface area (Å²) in [6.07, 6.45) is 0. The molecule has 0 saturated heterocycles. The van der Waals surface area contributed by atoms with Crippen molar-refractivity contribution in [3.05, 3.63) is 78.4 Å². The third-order valence-corrected chi connectivity index (χ3v) is 5.62. The van der Waals surface area contributed by atoms with Crippen LogP contribution in [0.4, 0.5) is 11.4 Å². The molecule has 0 aromatic heterocycles. The molecule has 3 aromatic rings. The lowest BCUT2D eigenvalue weighted by atomic mass is 10.2. The molecule has 0 bridgehead atoms. The number of carbonyl (C=O) groups excluding carboxylic acids is 2. The Morgan fingerprint density at radius 3 is 1.77 bits per heavy atom. The van der Waals surface area contributed by atoms with Crippen molar-refractivity contribution in [1.82, 2.24) is 0 Å². The number of amides is 2. The van der Waals surface area contributed by atoms with Gasteiger partial charge in [-0.1, -0.05) is 0 Å². The first kappa shape index (κ1) is 22.2. The molecule has 0 aliphatic rings. The van der Waals surface area contributed by atoms with Crippen LogP contribution < -0.4 is 20.1 Å². The predicted octanol–water partition coefficient (Wildman–Crippen LogP) is 5.08. The summed E-state index contributed by atoms with van der Waals surface area (Å²) < 4.78 is 10.2. The van der Waals surface area contributed by atoms with E-state index in [1.165, 1.54) is 11.8 Å². The maximum absolute atomic E-state index is 12.5. The molecule has 0 radical (unpaired) electrons. The number of carbonyl (C=O) groups is 2. The molecule has 31 heavy (non-hydrogen) atoms. The van der Waals surface area contributed by atoms with Gasteiger partial charge in [-0.15, -0.1) is 11.8 Å².